The number of esters is 1. The van der Waals surface area contributed by atoms with Gasteiger partial charge in [0.25, 0.3) is 0 Å². The van der Waals surface area contributed by atoms with Crippen LogP contribution in [0.15, 0.2) is 29.8 Å². The van der Waals surface area contributed by atoms with Gasteiger partial charge >= 0.3 is 5.97 Å². The summed E-state index contributed by atoms with van der Waals surface area (Å²) in [6.45, 7) is 7.71. The van der Waals surface area contributed by atoms with Crippen molar-refractivity contribution in [1.82, 2.24) is 0 Å². The second kappa shape index (κ2) is 9.82. The van der Waals surface area contributed by atoms with Crippen LogP contribution in [0, 0.1) is 11.3 Å². The van der Waals surface area contributed by atoms with Crippen LogP contribution >= 0.6 is 0 Å². The Kier molecular flexibility index (Phi) is 7.45. The largest absolute Gasteiger partial charge is 0.459 e. The Bertz CT molecular complexity index is 626. The molecule has 2 rings (SSSR count). The molecule has 1 aliphatic heterocycles. The van der Waals surface area contributed by atoms with Gasteiger partial charge in [-0.25, -0.2) is 4.79 Å². The van der Waals surface area contributed by atoms with Gasteiger partial charge in [-0.05, 0) is 37.6 Å². The van der Waals surface area contributed by atoms with E-state index in [1.807, 2.05) is 30.3 Å². The van der Waals surface area contributed by atoms with Gasteiger partial charge in [-0.3, -0.25) is 0 Å². The molecule has 0 N–H and O–H groups in total. The summed E-state index contributed by atoms with van der Waals surface area (Å²) < 4.78 is 15.4. The molecule has 6 heteroatoms. The van der Waals surface area contributed by atoms with Crippen molar-refractivity contribution in [2.75, 3.05) is 44.4 Å². The summed E-state index contributed by atoms with van der Waals surface area (Å²) in [5, 5.41) is 9.19. The molecule has 0 aromatic heterocycles. The Hall–Kier alpha value is -2.36. The molecular formula is C19H24N2O4. The van der Waals surface area contributed by atoms with Gasteiger partial charge in [-0.2, -0.15) is 5.26 Å². The van der Waals surface area contributed by atoms with Crippen LogP contribution in [0.3, 0.4) is 0 Å². The number of ether oxygens (including phenoxy) is 3. The predicted molar refractivity (Wildman–Crippen MR) is 95.1 cm³/mol. The van der Waals surface area contributed by atoms with Crippen molar-refractivity contribution in [1.29, 1.82) is 5.26 Å². The van der Waals surface area contributed by atoms with E-state index in [2.05, 4.69) is 18.7 Å². The molecule has 1 aliphatic rings. The Morgan fingerprint density at radius 2 is 2.00 bits per heavy atom. The number of nitriles is 1. The number of carbonyl (C=O) groups excluding carboxylic acids is 1. The molecule has 25 heavy (non-hydrogen) atoms. The summed E-state index contributed by atoms with van der Waals surface area (Å²) in [6, 6.07) is 9.62. The van der Waals surface area contributed by atoms with E-state index in [9.17, 15) is 10.1 Å². The van der Waals surface area contributed by atoms with Gasteiger partial charge in [0.05, 0.1) is 19.8 Å². The fraction of sp³-hybridized carbons (Fsp3) is 0.474. The third kappa shape index (κ3) is 6.22. The lowest BCUT2D eigenvalue weighted by molar-refractivity contribution is -0.140. The number of rotatable bonds is 10. The van der Waals surface area contributed by atoms with Crippen LogP contribution in [0.25, 0.3) is 6.08 Å². The maximum absolute atomic E-state index is 12.0. The molecule has 0 aliphatic carbocycles. The molecule has 0 amide bonds. The molecule has 1 saturated heterocycles. The molecule has 0 bridgehead atoms. The number of hydrogen-bond acceptors (Lipinski definition) is 6. The Balaban J connectivity index is 1.86. The molecule has 1 heterocycles. The fourth-order valence-corrected chi connectivity index (χ4v) is 2.32. The highest BCUT2D eigenvalue weighted by Gasteiger charge is 2.22. The Morgan fingerprint density at radius 3 is 2.56 bits per heavy atom. The zero-order valence-electron chi connectivity index (χ0n) is 14.7. The van der Waals surface area contributed by atoms with Crippen molar-refractivity contribution >= 4 is 17.7 Å². The molecule has 1 fully saturated rings. The van der Waals surface area contributed by atoms with Crippen molar-refractivity contribution in [3.63, 3.8) is 0 Å². The third-order valence-electron chi connectivity index (χ3n) is 3.84. The lowest BCUT2D eigenvalue weighted by Gasteiger charge is -2.20. The summed E-state index contributed by atoms with van der Waals surface area (Å²) in [7, 11) is 0. The van der Waals surface area contributed by atoms with Crippen molar-refractivity contribution < 1.29 is 19.0 Å². The van der Waals surface area contributed by atoms with Crippen LogP contribution < -0.4 is 4.90 Å². The molecule has 1 atom stereocenters. The highest BCUT2D eigenvalue weighted by molar-refractivity contribution is 5.97. The first kappa shape index (κ1) is 19.0. The van der Waals surface area contributed by atoms with Gasteiger partial charge in [0.2, 0.25) is 0 Å². The van der Waals surface area contributed by atoms with E-state index >= 15 is 0 Å². The smallest absolute Gasteiger partial charge is 0.348 e. The van der Waals surface area contributed by atoms with Crippen LogP contribution in [0.4, 0.5) is 5.69 Å². The Labute approximate surface area is 148 Å². The molecule has 134 valence electrons. The van der Waals surface area contributed by atoms with Crippen molar-refractivity contribution in [3.05, 3.63) is 35.4 Å². The minimum atomic E-state index is -0.637. The zero-order valence-corrected chi connectivity index (χ0v) is 14.7. The average molecular weight is 344 g/mol. The van der Waals surface area contributed by atoms with Gasteiger partial charge in [0.1, 0.15) is 24.4 Å². The topological polar surface area (TPSA) is 75.1 Å². The highest BCUT2D eigenvalue weighted by atomic mass is 16.6. The molecule has 0 saturated carbocycles. The van der Waals surface area contributed by atoms with E-state index < -0.39 is 5.97 Å². The molecule has 1 unspecified atom stereocenters. The second-order valence-corrected chi connectivity index (χ2v) is 5.60. The Morgan fingerprint density at radius 1 is 1.32 bits per heavy atom. The maximum atomic E-state index is 12.0. The number of epoxide rings is 1. The van der Waals surface area contributed by atoms with Crippen molar-refractivity contribution in [3.8, 4) is 6.07 Å². The molecule has 0 radical (unpaired) electrons. The van der Waals surface area contributed by atoms with Crippen molar-refractivity contribution in [2.45, 2.75) is 20.0 Å². The normalized spacial score (nSPS) is 16.2. The summed E-state index contributed by atoms with van der Waals surface area (Å²) in [4.78, 5) is 14.2. The number of anilines is 1. The number of benzene rings is 1. The first-order valence-electron chi connectivity index (χ1n) is 8.51. The van der Waals surface area contributed by atoms with Crippen LogP contribution in [0.2, 0.25) is 0 Å². The highest BCUT2D eigenvalue weighted by Crippen LogP contribution is 2.17. The van der Waals surface area contributed by atoms with Crippen LogP contribution in [0.1, 0.15) is 19.4 Å². The van der Waals surface area contributed by atoms with E-state index in [0.29, 0.717) is 13.2 Å². The monoisotopic (exact) mass is 344 g/mol. The number of nitrogens with zero attached hydrogens (tertiary/aromatic N) is 2. The summed E-state index contributed by atoms with van der Waals surface area (Å²) in [6.07, 6.45) is 1.72. The van der Waals surface area contributed by atoms with Crippen LogP contribution in [-0.4, -0.2) is 51.6 Å². The standard InChI is InChI=1S/C19H24N2O4/c1-3-21(4-2)17-7-5-15(6-8-17)11-16(12-20)19(22)24-10-9-23-13-18-14-25-18/h5-8,11,18H,3-4,9-10,13-14H2,1-2H3. The lowest BCUT2D eigenvalue weighted by atomic mass is 10.1. The van der Waals surface area contributed by atoms with E-state index in [0.717, 1.165) is 30.9 Å². The minimum absolute atomic E-state index is 0.0267. The fourth-order valence-electron chi connectivity index (χ4n) is 2.32. The van der Waals surface area contributed by atoms with Crippen LogP contribution in [0.5, 0.6) is 0 Å². The number of hydrogen-bond donors (Lipinski definition) is 0. The van der Waals surface area contributed by atoms with Gasteiger partial charge in [-0.1, -0.05) is 12.1 Å². The third-order valence-corrected chi connectivity index (χ3v) is 3.84. The zero-order chi connectivity index (χ0) is 18.1. The first-order valence-corrected chi connectivity index (χ1v) is 8.51. The van der Waals surface area contributed by atoms with Gasteiger partial charge in [0.15, 0.2) is 0 Å². The molecular weight excluding hydrogens is 320 g/mol. The van der Waals surface area contributed by atoms with E-state index in [4.69, 9.17) is 14.2 Å². The van der Waals surface area contributed by atoms with Crippen LogP contribution in [-0.2, 0) is 19.0 Å². The van der Waals surface area contributed by atoms with Gasteiger partial charge in [-0.15, -0.1) is 0 Å². The lowest BCUT2D eigenvalue weighted by Crippen LogP contribution is -2.21. The van der Waals surface area contributed by atoms with E-state index in [-0.39, 0.29) is 18.3 Å². The average Bonchev–Trinajstić information content (AvgIpc) is 3.45. The SMILES string of the molecule is CCN(CC)c1ccc(C=C(C#N)C(=O)OCCOCC2CO2)cc1. The molecule has 1 aromatic carbocycles. The van der Waals surface area contributed by atoms with E-state index in [1.165, 1.54) is 6.08 Å². The predicted octanol–water partition coefficient (Wildman–Crippen LogP) is 2.40. The van der Waals surface area contributed by atoms with Gasteiger partial charge in [0, 0.05) is 18.8 Å². The summed E-state index contributed by atoms with van der Waals surface area (Å²) in [5.74, 6) is -0.637. The first-order chi connectivity index (χ1) is 12.2. The summed E-state index contributed by atoms with van der Waals surface area (Å²) >= 11 is 0. The maximum Gasteiger partial charge on any atom is 0.348 e. The van der Waals surface area contributed by atoms with Crippen molar-refractivity contribution in [2.24, 2.45) is 0 Å². The molecule has 1 aromatic rings. The second-order valence-electron chi connectivity index (χ2n) is 5.60. The molecule has 0 spiro atoms. The number of carbonyl (C=O) groups is 1. The van der Waals surface area contributed by atoms with Gasteiger partial charge < -0.3 is 19.1 Å². The van der Waals surface area contributed by atoms with E-state index in [1.54, 1.807) is 0 Å². The quantitative estimate of drug-likeness (QED) is 0.213. The molecule has 6 nitrogen and oxygen atoms in total. The summed E-state index contributed by atoms with van der Waals surface area (Å²) in [5.41, 5.74) is 1.87. The minimum Gasteiger partial charge on any atom is -0.459 e.